The molecule has 0 bridgehead atoms. The van der Waals surface area contributed by atoms with Crippen LogP contribution in [-0.4, -0.2) is 53.5 Å². The molecule has 0 saturated carbocycles. The Labute approximate surface area is 193 Å². The molecule has 2 aliphatic carbocycles. The van der Waals surface area contributed by atoms with Gasteiger partial charge in [0.25, 0.3) is 5.91 Å². The van der Waals surface area contributed by atoms with Gasteiger partial charge in [0.1, 0.15) is 12.6 Å². The van der Waals surface area contributed by atoms with Crippen molar-refractivity contribution in [1.29, 1.82) is 0 Å². The average Bonchev–Trinajstić information content (AvgIpc) is 3.10. The van der Waals surface area contributed by atoms with Gasteiger partial charge in [0.15, 0.2) is 5.60 Å². The van der Waals surface area contributed by atoms with Crippen molar-refractivity contribution in [2.75, 3.05) is 19.7 Å². The van der Waals surface area contributed by atoms with Gasteiger partial charge in [0.2, 0.25) is 11.9 Å². The number of rotatable bonds is 7. The first-order valence-corrected chi connectivity index (χ1v) is 11.4. The number of oxime groups is 1. The molecule has 9 heteroatoms. The first kappa shape index (κ1) is 22.8. The van der Waals surface area contributed by atoms with Gasteiger partial charge >= 0.3 is 0 Å². The highest BCUT2D eigenvalue weighted by atomic mass is 16.6. The van der Waals surface area contributed by atoms with E-state index in [0.717, 1.165) is 18.4 Å². The second-order valence-electron chi connectivity index (χ2n) is 8.68. The highest BCUT2D eigenvalue weighted by Gasteiger charge is 2.57. The molecule has 1 aromatic rings. The maximum absolute atomic E-state index is 13.9. The molecule has 0 spiro atoms. The zero-order valence-corrected chi connectivity index (χ0v) is 18.5. The first-order valence-electron chi connectivity index (χ1n) is 11.4. The molecule has 1 aromatic carbocycles. The van der Waals surface area contributed by atoms with Crippen LogP contribution < -0.4 is 16.8 Å². The molecule has 4 atom stereocenters. The standard InChI is InChI=1S/C24H31N5O4/c25-23(26)28-33-15-7-13-27-21(30)20-12-5-6-14-29(20)22(31)24(32)18-10-3-1-8-16(18)17-9-2-4-11-19(17)24/h1-4,8-11,16,18,20,32H,5-7,12-15H2,(H,27,30)(H4,25,26,28)/t16?,18?,20-,24?/m0/s1. The van der Waals surface area contributed by atoms with Crippen LogP contribution in [0.25, 0.3) is 0 Å². The van der Waals surface area contributed by atoms with Gasteiger partial charge < -0.3 is 31.6 Å². The number of aliphatic hydroxyl groups is 1. The average molecular weight is 454 g/mol. The summed E-state index contributed by atoms with van der Waals surface area (Å²) in [6.07, 6.45) is 10.5. The van der Waals surface area contributed by atoms with Crippen molar-refractivity contribution >= 4 is 17.8 Å². The Morgan fingerprint density at radius 3 is 2.82 bits per heavy atom. The molecule has 1 aliphatic heterocycles. The van der Waals surface area contributed by atoms with Crippen molar-refractivity contribution in [2.24, 2.45) is 22.5 Å². The first-order chi connectivity index (χ1) is 15.9. The molecule has 9 nitrogen and oxygen atoms in total. The van der Waals surface area contributed by atoms with E-state index in [1.807, 2.05) is 48.6 Å². The number of hydrogen-bond acceptors (Lipinski definition) is 5. The molecule has 1 fully saturated rings. The van der Waals surface area contributed by atoms with Crippen molar-refractivity contribution in [3.8, 4) is 0 Å². The molecule has 33 heavy (non-hydrogen) atoms. The van der Waals surface area contributed by atoms with Crippen LogP contribution in [0, 0.1) is 5.92 Å². The van der Waals surface area contributed by atoms with E-state index in [9.17, 15) is 14.7 Å². The van der Waals surface area contributed by atoms with Crippen molar-refractivity contribution in [1.82, 2.24) is 10.2 Å². The lowest BCUT2D eigenvalue weighted by Crippen LogP contribution is -2.58. The summed E-state index contributed by atoms with van der Waals surface area (Å²) in [7, 11) is 0. The number of amides is 2. The number of fused-ring (bicyclic) bond motifs is 3. The van der Waals surface area contributed by atoms with Crippen molar-refractivity contribution in [2.45, 2.75) is 43.2 Å². The Hall–Kier alpha value is -3.33. The van der Waals surface area contributed by atoms with Crippen LogP contribution in [0.2, 0.25) is 0 Å². The summed E-state index contributed by atoms with van der Waals surface area (Å²) in [4.78, 5) is 33.4. The Morgan fingerprint density at radius 1 is 1.21 bits per heavy atom. The summed E-state index contributed by atoms with van der Waals surface area (Å²) >= 11 is 0. The number of guanidine groups is 1. The van der Waals surface area contributed by atoms with E-state index in [1.54, 1.807) is 4.90 Å². The Kier molecular flexibility index (Phi) is 6.69. The molecule has 0 radical (unpaired) electrons. The molecule has 0 aromatic heterocycles. The van der Waals surface area contributed by atoms with Crippen molar-refractivity contribution < 1.29 is 19.5 Å². The van der Waals surface area contributed by atoms with Gasteiger partial charge in [-0.3, -0.25) is 9.59 Å². The SMILES string of the molecule is NC(N)=NOCCCNC(=O)[C@@H]1CCCCN1C(=O)C1(O)c2ccccc2C2C=CC=CC21. The van der Waals surface area contributed by atoms with Gasteiger partial charge in [-0.05, 0) is 35.5 Å². The maximum atomic E-state index is 13.9. The van der Waals surface area contributed by atoms with Crippen molar-refractivity contribution in [3.05, 3.63) is 59.7 Å². The largest absolute Gasteiger partial charge is 0.393 e. The number of hydrogen-bond donors (Lipinski definition) is 4. The minimum Gasteiger partial charge on any atom is -0.393 e. The minimum absolute atomic E-state index is 0.0672. The van der Waals surface area contributed by atoms with Crippen LogP contribution in [0.1, 0.15) is 42.7 Å². The van der Waals surface area contributed by atoms with Crippen molar-refractivity contribution in [3.63, 3.8) is 0 Å². The van der Waals surface area contributed by atoms with Crippen LogP contribution >= 0.6 is 0 Å². The van der Waals surface area contributed by atoms with E-state index in [0.29, 0.717) is 31.5 Å². The number of carbonyl (C=O) groups excluding carboxylic acids is 2. The fourth-order valence-electron chi connectivity index (χ4n) is 5.13. The fraction of sp³-hybridized carbons (Fsp3) is 0.458. The van der Waals surface area contributed by atoms with E-state index in [-0.39, 0.29) is 24.4 Å². The van der Waals surface area contributed by atoms with Gasteiger partial charge in [-0.2, -0.15) is 0 Å². The van der Waals surface area contributed by atoms with Crippen LogP contribution in [-0.2, 0) is 20.0 Å². The number of piperidine rings is 1. The Bertz CT molecular complexity index is 987. The van der Waals surface area contributed by atoms with Gasteiger partial charge in [-0.25, -0.2) is 0 Å². The summed E-state index contributed by atoms with van der Waals surface area (Å²) in [5.74, 6) is -1.26. The highest BCUT2D eigenvalue weighted by molar-refractivity contribution is 5.94. The van der Waals surface area contributed by atoms with Crippen LogP contribution in [0.3, 0.4) is 0 Å². The summed E-state index contributed by atoms with van der Waals surface area (Å²) in [6, 6.07) is 6.93. The molecule has 2 amide bonds. The highest BCUT2D eigenvalue weighted by Crippen LogP contribution is 2.52. The Balaban J connectivity index is 1.49. The third-order valence-corrected chi connectivity index (χ3v) is 6.62. The summed E-state index contributed by atoms with van der Waals surface area (Å²) in [6.45, 7) is 1.06. The van der Waals surface area contributed by atoms with E-state index in [1.165, 1.54) is 0 Å². The molecule has 1 heterocycles. The van der Waals surface area contributed by atoms with Gasteiger partial charge in [-0.1, -0.05) is 48.6 Å². The fourth-order valence-corrected chi connectivity index (χ4v) is 5.13. The summed E-state index contributed by atoms with van der Waals surface area (Å²) in [5.41, 5.74) is 10.3. The quantitative estimate of drug-likeness (QED) is 0.208. The molecule has 1 saturated heterocycles. The molecular formula is C24H31N5O4. The monoisotopic (exact) mass is 453 g/mol. The number of carbonyl (C=O) groups is 2. The number of nitrogens with one attached hydrogen (secondary N) is 1. The van der Waals surface area contributed by atoms with E-state index < -0.39 is 23.5 Å². The molecular weight excluding hydrogens is 422 g/mol. The second kappa shape index (κ2) is 9.66. The van der Waals surface area contributed by atoms with Crippen LogP contribution in [0.4, 0.5) is 0 Å². The van der Waals surface area contributed by atoms with Crippen LogP contribution in [0.15, 0.2) is 53.7 Å². The molecule has 6 N–H and O–H groups in total. The minimum atomic E-state index is -1.70. The molecule has 176 valence electrons. The van der Waals surface area contributed by atoms with E-state index >= 15 is 0 Å². The molecule has 3 aliphatic rings. The van der Waals surface area contributed by atoms with E-state index in [2.05, 4.69) is 10.5 Å². The summed E-state index contributed by atoms with van der Waals surface area (Å²) in [5, 5.41) is 18.2. The van der Waals surface area contributed by atoms with Crippen LogP contribution in [0.5, 0.6) is 0 Å². The Morgan fingerprint density at radius 2 is 2.00 bits per heavy atom. The predicted octanol–water partition coefficient (Wildman–Crippen LogP) is 0.806. The second-order valence-corrected chi connectivity index (χ2v) is 8.68. The third kappa shape index (κ3) is 4.32. The topological polar surface area (TPSA) is 143 Å². The van der Waals surface area contributed by atoms with Gasteiger partial charge in [0, 0.05) is 31.3 Å². The lowest BCUT2D eigenvalue weighted by Gasteiger charge is -2.41. The zero-order valence-electron chi connectivity index (χ0n) is 18.5. The smallest absolute Gasteiger partial charge is 0.260 e. The lowest BCUT2D eigenvalue weighted by molar-refractivity contribution is -0.162. The number of likely N-dealkylation sites (tertiary alicyclic amines) is 1. The number of nitrogens with two attached hydrogens (primary N) is 2. The van der Waals surface area contributed by atoms with Gasteiger partial charge in [0.05, 0.1) is 0 Å². The van der Waals surface area contributed by atoms with Gasteiger partial charge in [-0.15, -0.1) is 0 Å². The number of nitrogens with zero attached hydrogens (tertiary/aromatic N) is 2. The molecule has 4 rings (SSSR count). The summed E-state index contributed by atoms with van der Waals surface area (Å²) < 4.78 is 0. The number of allylic oxidation sites excluding steroid dienone is 3. The lowest BCUT2D eigenvalue weighted by atomic mass is 9.79. The maximum Gasteiger partial charge on any atom is 0.260 e. The van der Waals surface area contributed by atoms with E-state index in [4.69, 9.17) is 16.3 Å². The third-order valence-electron chi connectivity index (χ3n) is 6.62. The number of benzene rings is 1. The predicted molar refractivity (Wildman–Crippen MR) is 124 cm³/mol. The molecule has 3 unspecified atom stereocenters. The normalized spacial score (nSPS) is 27.4. The zero-order chi connectivity index (χ0) is 23.4.